The fraction of sp³-hybridized carbons (Fsp3) is 0.462. The lowest BCUT2D eigenvalue weighted by Gasteiger charge is -2.33. The van der Waals surface area contributed by atoms with Crippen LogP contribution in [0.25, 0.3) is 10.9 Å². The molecule has 7 nitrogen and oxygen atoms in total. The minimum absolute atomic E-state index is 0.0254. The van der Waals surface area contributed by atoms with Crippen LogP contribution in [0.3, 0.4) is 0 Å². The van der Waals surface area contributed by atoms with E-state index in [1.807, 2.05) is 43.3 Å². The van der Waals surface area contributed by atoms with Gasteiger partial charge in [-0.2, -0.15) is 0 Å². The molecule has 33 heavy (non-hydrogen) atoms. The van der Waals surface area contributed by atoms with E-state index in [2.05, 4.69) is 22.0 Å². The van der Waals surface area contributed by atoms with Gasteiger partial charge < -0.3 is 14.5 Å². The number of morpholine rings is 1. The van der Waals surface area contributed by atoms with Gasteiger partial charge >= 0.3 is 0 Å². The highest BCUT2D eigenvalue weighted by Gasteiger charge is 2.28. The fourth-order valence-electron chi connectivity index (χ4n) is 4.98. The number of rotatable bonds is 6. The second-order valence-corrected chi connectivity index (χ2v) is 8.87. The minimum atomic E-state index is -0.0376. The van der Waals surface area contributed by atoms with Gasteiger partial charge in [0.05, 0.1) is 30.3 Å². The number of pyridine rings is 1. The average Bonchev–Trinajstić information content (AvgIpc) is 3.28. The lowest BCUT2D eigenvalue weighted by Crippen LogP contribution is -2.44. The predicted molar refractivity (Wildman–Crippen MR) is 127 cm³/mol. The van der Waals surface area contributed by atoms with Crippen molar-refractivity contribution in [3.63, 3.8) is 0 Å². The quantitative estimate of drug-likeness (QED) is 0.624. The first-order valence-corrected chi connectivity index (χ1v) is 11.9. The van der Waals surface area contributed by atoms with Crippen molar-refractivity contribution in [3.05, 3.63) is 64.7 Å². The number of nitrogens with zero attached hydrogens (tertiary/aromatic N) is 3. The van der Waals surface area contributed by atoms with Crippen LogP contribution >= 0.6 is 0 Å². The van der Waals surface area contributed by atoms with Crippen molar-refractivity contribution >= 4 is 16.8 Å². The Morgan fingerprint density at radius 2 is 1.97 bits per heavy atom. The number of amides is 1. The molecule has 1 aromatic carbocycles. The van der Waals surface area contributed by atoms with Crippen LogP contribution in [0.2, 0.25) is 0 Å². The second kappa shape index (κ2) is 9.63. The Kier molecular flexibility index (Phi) is 6.44. The van der Waals surface area contributed by atoms with E-state index < -0.39 is 0 Å². The van der Waals surface area contributed by atoms with Gasteiger partial charge in [0.1, 0.15) is 11.5 Å². The Morgan fingerprint density at radius 1 is 1.15 bits per heavy atom. The number of benzene rings is 1. The molecule has 1 N–H and O–H groups in total. The van der Waals surface area contributed by atoms with E-state index in [1.165, 1.54) is 0 Å². The zero-order valence-electron chi connectivity index (χ0n) is 19.5. The van der Waals surface area contributed by atoms with Crippen molar-refractivity contribution in [1.82, 2.24) is 20.1 Å². The summed E-state index contributed by atoms with van der Waals surface area (Å²) in [5.41, 5.74) is 3.77. The van der Waals surface area contributed by atoms with Crippen LogP contribution in [0.1, 0.15) is 46.1 Å². The van der Waals surface area contributed by atoms with Gasteiger partial charge in [0.25, 0.3) is 5.91 Å². The van der Waals surface area contributed by atoms with E-state index in [0.717, 1.165) is 78.4 Å². The molecule has 0 radical (unpaired) electrons. The van der Waals surface area contributed by atoms with E-state index in [-0.39, 0.29) is 11.9 Å². The maximum Gasteiger partial charge on any atom is 0.252 e. The number of nitrogens with one attached hydrogen (secondary N) is 1. The van der Waals surface area contributed by atoms with Crippen LogP contribution in [-0.2, 0) is 17.7 Å². The standard InChI is InChI=1S/C26H32N4O3/c1-3-29-11-10-22-20(17-29)25(19-6-4-5-7-21(19)28-22)26(31)27-16-23(24-9-8-18(2)33-24)30-12-14-32-15-13-30/h4-9,23H,3,10-17H2,1-2H3,(H,27,31)/t23-/m1/s1. The molecule has 1 atom stereocenters. The van der Waals surface area contributed by atoms with Gasteiger partial charge in [-0.25, -0.2) is 0 Å². The lowest BCUT2D eigenvalue weighted by molar-refractivity contribution is 0.0117. The smallest absolute Gasteiger partial charge is 0.252 e. The highest BCUT2D eigenvalue weighted by Crippen LogP contribution is 2.29. The van der Waals surface area contributed by atoms with E-state index in [4.69, 9.17) is 14.1 Å². The first-order valence-electron chi connectivity index (χ1n) is 11.9. The summed E-state index contributed by atoms with van der Waals surface area (Å²) in [5, 5.41) is 4.17. The number of likely N-dealkylation sites (N-methyl/N-ethyl adjacent to an activating group) is 1. The Morgan fingerprint density at radius 3 is 2.73 bits per heavy atom. The Bertz CT molecular complexity index is 1140. The molecule has 1 saturated heterocycles. The van der Waals surface area contributed by atoms with Gasteiger partial charge in [-0.3, -0.25) is 19.6 Å². The van der Waals surface area contributed by atoms with Crippen molar-refractivity contribution in [2.75, 3.05) is 45.9 Å². The number of carbonyl (C=O) groups is 1. The first-order chi connectivity index (χ1) is 16.1. The van der Waals surface area contributed by atoms with E-state index >= 15 is 0 Å². The van der Waals surface area contributed by atoms with E-state index in [0.29, 0.717) is 19.8 Å². The van der Waals surface area contributed by atoms with Crippen molar-refractivity contribution in [3.8, 4) is 0 Å². The van der Waals surface area contributed by atoms with Crippen molar-refractivity contribution < 1.29 is 13.9 Å². The summed E-state index contributed by atoms with van der Waals surface area (Å²) in [6.07, 6.45) is 0.871. The third-order valence-corrected chi connectivity index (χ3v) is 6.83. The first kappa shape index (κ1) is 22.1. The van der Waals surface area contributed by atoms with Gasteiger partial charge in [-0.15, -0.1) is 0 Å². The molecule has 174 valence electrons. The normalized spacial score (nSPS) is 18.2. The summed E-state index contributed by atoms with van der Waals surface area (Å²) >= 11 is 0. The summed E-state index contributed by atoms with van der Waals surface area (Å²) in [7, 11) is 0. The predicted octanol–water partition coefficient (Wildman–Crippen LogP) is 3.32. The number of hydrogen-bond acceptors (Lipinski definition) is 6. The Balaban J connectivity index is 1.45. The van der Waals surface area contributed by atoms with Gasteiger partial charge in [-0.05, 0) is 31.7 Å². The van der Waals surface area contributed by atoms with E-state index in [1.54, 1.807) is 0 Å². The summed E-state index contributed by atoms with van der Waals surface area (Å²) in [6.45, 7) is 10.3. The van der Waals surface area contributed by atoms with E-state index in [9.17, 15) is 4.79 Å². The van der Waals surface area contributed by atoms with Crippen LogP contribution in [-0.4, -0.2) is 66.6 Å². The van der Waals surface area contributed by atoms with Crippen molar-refractivity contribution in [1.29, 1.82) is 0 Å². The number of aromatic nitrogens is 1. The molecule has 2 aliphatic heterocycles. The number of furan rings is 1. The molecule has 7 heteroatoms. The SMILES string of the molecule is CCN1CCc2nc3ccccc3c(C(=O)NC[C@H](c3ccc(C)o3)N3CCOCC3)c2C1. The zero-order chi connectivity index (χ0) is 22.8. The van der Waals surface area contributed by atoms with Crippen LogP contribution in [0.5, 0.6) is 0 Å². The molecule has 3 aromatic rings. The van der Waals surface area contributed by atoms with Gasteiger partial charge in [-0.1, -0.05) is 25.1 Å². The number of hydrogen-bond donors (Lipinski definition) is 1. The maximum absolute atomic E-state index is 13.7. The molecule has 1 amide bonds. The molecule has 0 unspecified atom stereocenters. The molecule has 0 spiro atoms. The number of aryl methyl sites for hydroxylation is 1. The molecule has 0 aliphatic carbocycles. The van der Waals surface area contributed by atoms with Gasteiger partial charge in [0, 0.05) is 55.8 Å². The highest BCUT2D eigenvalue weighted by molar-refractivity contribution is 6.07. The molecular formula is C26H32N4O3. The molecule has 0 saturated carbocycles. The van der Waals surface area contributed by atoms with Crippen molar-refractivity contribution in [2.24, 2.45) is 0 Å². The third kappa shape index (κ3) is 4.53. The molecule has 4 heterocycles. The number of carbonyl (C=O) groups excluding carboxylic acids is 1. The second-order valence-electron chi connectivity index (χ2n) is 8.87. The largest absolute Gasteiger partial charge is 0.465 e. The van der Waals surface area contributed by atoms with Crippen LogP contribution in [0.15, 0.2) is 40.8 Å². The number of fused-ring (bicyclic) bond motifs is 2. The summed E-state index contributed by atoms with van der Waals surface area (Å²) < 4.78 is 11.5. The number of para-hydroxylation sites is 1. The molecule has 2 aliphatic rings. The monoisotopic (exact) mass is 448 g/mol. The zero-order valence-corrected chi connectivity index (χ0v) is 19.5. The third-order valence-electron chi connectivity index (χ3n) is 6.83. The molecule has 1 fully saturated rings. The Labute approximate surface area is 194 Å². The fourth-order valence-corrected chi connectivity index (χ4v) is 4.98. The topological polar surface area (TPSA) is 70.8 Å². The number of ether oxygens (including phenoxy) is 1. The van der Waals surface area contributed by atoms with Crippen molar-refractivity contribution in [2.45, 2.75) is 32.9 Å². The average molecular weight is 449 g/mol. The van der Waals surface area contributed by atoms with Crippen LogP contribution < -0.4 is 5.32 Å². The summed E-state index contributed by atoms with van der Waals surface area (Å²) in [4.78, 5) is 23.3. The van der Waals surface area contributed by atoms with Crippen LogP contribution in [0, 0.1) is 6.92 Å². The maximum atomic E-state index is 13.7. The molecular weight excluding hydrogens is 416 g/mol. The Hall–Kier alpha value is -2.74. The van der Waals surface area contributed by atoms with Gasteiger partial charge in [0.15, 0.2) is 0 Å². The minimum Gasteiger partial charge on any atom is -0.465 e. The highest BCUT2D eigenvalue weighted by atomic mass is 16.5. The summed E-state index contributed by atoms with van der Waals surface area (Å²) in [6, 6.07) is 12.0. The lowest BCUT2D eigenvalue weighted by atomic mass is 9.95. The summed E-state index contributed by atoms with van der Waals surface area (Å²) in [5.74, 6) is 1.72. The van der Waals surface area contributed by atoms with Gasteiger partial charge in [0.2, 0.25) is 0 Å². The molecule has 2 aromatic heterocycles. The molecule has 5 rings (SSSR count). The molecule has 0 bridgehead atoms. The van der Waals surface area contributed by atoms with Crippen LogP contribution in [0.4, 0.5) is 0 Å².